The minimum Gasteiger partial charge on any atom is -0.341 e. The Bertz CT molecular complexity index is 432. The van der Waals surface area contributed by atoms with Gasteiger partial charge in [-0.15, -0.1) is 0 Å². The molecule has 18 heavy (non-hydrogen) atoms. The Morgan fingerprint density at radius 2 is 1.89 bits per heavy atom. The lowest BCUT2D eigenvalue weighted by molar-refractivity contribution is -0.132. The van der Waals surface area contributed by atoms with Crippen molar-refractivity contribution < 1.29 is 4.79 Å². The van der Waals surface area contributed by atoms with Crippen molar-refractivity contribution >= 4 is 5.91 Å². The second-order valence-corrected chi connectivity index (χ2v) is 5.41. The molecule has 0 bridgehead atoms. The molecule has 0 unspecified atom stereocenters. The number of aromatic nitrogens is 2. The van der Waals surface area contributed by atoms with Crippen molar-refractivity contribution in [2.45, 2.75) is 51.5 Å². The third kappa shape index (κ3) is 2.28. The first-order valence-corrected chi connectivity index (χ1v) is 7.15. The van der Waals surface area contributed by atoms with Crippen LogP contribution in [-0.2, 0) is 24.2 Å². The van der Waals surface area contributed by atoms with Crippen molar-refractivity contribution in [3.8, 4) is 0 Å². The maximum Gasteiger partial charge on any atom is 0.242 e. The topological polar surface area (TPSA) is 38.1 Å². The SMILES string of the molecule is O=C(Cn1cnc2c1CCCC2)N1CCCCC1. The summed E-state index contributed by atoms with van der Waals surface area (Å²) >= 11 is 0. The molecule has 1 aromatic heterocycles. The predicted molar refractivity (Wildman–Crippen MR) is 69.3 cm³/mol. The fraction of sp³-hybridized carbons (Fsp3) is 0.714. The highest BCUT2D eigenvalue weighted by molar-refractivity contribution is 5.76. The number of hydrogen-bond acceptors (Lipinski definition) is 2. The summed E-state index contributed by atoms with van der Waals surface area (Å²) in [4.78, 5) is 18.7. The van der Waals surface area contributed by atoms with Crippen LogP contribution in [0.15, 0.2) is 6.33 Å². The third-order valence-electron chi connectivity index (χ3n) is 4.12. The zero-order chi connectivity index (χ0) is 12.4. The van der Waals surface area contributed by atoms with Crippen molar-refractivity contribution in [1.82, 2.24) is 14.5 Å². The van der Waals surface area contributed by atoms with Gasteiger partial charge in [0.25, 0.3) is 0 Å². The maximum absolute atomic E-state index is 12.2. The van der Waals surface area contributed by atoms with Crippen LogP contribution >= 0.6 is 0 Å². The summed E-state index contributed by atoms with van der Waals surface area (Å²) in [5.74, 6) is 0.264. The molecule has 0 N–H and O–H groups in total. The van der Waals surface area contributed by atoms with E-state index in [1.807, 2.05) is 11.2 Å². The van der Waals surface area contributed by atoms with Crippen molar-refractivity contribution in [2.75, 3.05) is 13.1 Å². The van der Waals surface area contributed by atoms with E-state index in [0.717, 1.165) is 38.8 Å². The lowest BCUT2D eigenvalue weighted by Gasteiger charge is -2.27. The average molecular weight is 247 g/mol. The maximum atomic E-state index is 12.2. The number of likely N-dealkylation sites (tertiary alicyclic amines) is 1. The Labute approximate surface area is 108 Å². The highest BCUT2D eigenvalue weighted by atomic mass is 16.2. The summed E-state index contributed by atoms with van der Waals surface area (Å²) in [6, 6.07) is 0. The van der Waals surface area contributed by atoms with Crippen LogP contribution in [0.2, 0.25) is 0 Å². The van der Waals surface area contributed by atoms with Crippen molar-refractivity contribution in [1.29, 1.82) is 0 Å². The molecule has 0 aromatic carbocycles. The van der Waals surface area contributed by atoms with E-state index in [1.165, 1.54) is 30.7 Å². The molecule has 4 heteroatoms. The molecule has 98 valence electrons. The first-order chi connectivity index (χ1) is 8.84. The quantitative estimate of drug-likeness (QED) is 0.799. The first-order valence-electron chi connectivity index (χ1n) is 7.15. The largest absolute Gasteiger partial charge is 0.341 e. The van der Waals surface area contributed by atoms with Crippen molar-refractivity contribution in [3.63, 3.8) is 0 Å². The number of aryl methyl sites for hydroxylation is 1. The van der Waals surface area contributed by atoms with Gasteiger partial charge in [-0.05, 0) is 44.9 Å². The van der Waals surface area contributed by atoms with Gasteiger partial charge in [0.05, 0.1) is 12.0 Å². The molecule has 1 aromatic rings. The number of piperidine rings is 1. The first kappa shape index (κ1) is 11.8. The van der Waals surface area contributed by atoms with Gasteiger partial charge in [-0.1, -0.05) is 0 Å². The molecule has 1 fully saturated rings. The minimum atomic E-state index is 0.264. The summed E-state index contributed by atoms with van der Waals surface area (Å²) in [6.45, 7) is 2.37. The predicted octanol–water partition coefficient (Wildman–Crippen LogP) is 1.77. The Morgan fingerprint density at radius 1 is 1.11 bits per heavy atom. The number of carbonyl (C=O) groups excluding carboxylic acids is 1. The molecular weight excluding hydrogens is 226 g/mol. The van der Waals surface area contributed by atoms with Gasteiger partial charge < -0.3 is 9.47 Å². The van der Waals surface area contributed by atoms with E-state index in [-0.39, 0.29) is 5.91 Å². The molecule has 1 aliphatic carbocycles. The smallest absolute Gasteiger partial charge is 0.242 e. The summed E-state index contributed by atoms with van der Waals surface area (Å²) in [6.07, 6.45) is 10.1. The number of rotatable bonds is 2. The number of amides is 1. The van der Waals surface area contributed by atoms with Gasteiger partial charge in [-0.3, -0.25) is 4.79 Å². The average Bonchev–Trinajstić information content (AvgIpc) is 2.83. The van der Waals surface area contributed by atoms with Gasteiger partial charge in [0.15, 0.2) is 0 Å². The molecule has 2 heterocycles. The molecule has 1 aliphatic heterocycles. The van der Waals surface area contributed by atoms with E-state index in [1.54, 1.807) is 0 Å². The van der Waals surface area contributed by atoms with Crippen LogP contribution < -0.4 is 0 Å². The summed E-state index contributed by atoms with van der Waals surface area (Å²) in [7, 11) is 0. The van der Waals surface area contributed by atoms with Gasteiger partial charge in [-0.25, -0.2) is 4.98 Å². The molecular formula is C14H21N3O. The molecule has 0 spiro atoms. The summed E-state index contributed by atoms with van der Waals surface area (Å²) < 4.78 is 2.07. The van der Waals surface area contributed by atoms with Crippen LogP contribution in [0, 0.1) is 0 Å². The van der Waals surface area contributed by atoms with Crippen molar-refractivity contribution in [3.05, 3.63) is 17.7 Å². The molecule has 1 saturated heterocycles. The van der Waals surface area contributed by atoms with Crippen LogP contribution in [-0.4, -0.2) is 33.4 Å². The Balaban J connectivity index is 1.68. The molecule has 0 radical (unpaired) electrons. The van der Waals surface area contributed by atoms with E-state index in [0.29, 0.717) is 6.54 Å². The highest BCUT2D eigenvalue weighted by Crippen LogP contribution is 2.20. The van der Waals surface area contributed by atoms with Gasteiger partial charge in [-0.2, -0.15) is 0 Å². The van der Waals surface area contributed by atoms with Gasteiger partial charge >= 0.3 is 0 Å². The second-order valence-electron chi connectivity index (χ2n) is 5.41. The minimum absolute atomic E-state index is 0.264. The van der Waals surface area contributed by atoms with Crippen LogP contribution in [0.1, 0.15) is 43.5 Å². The third-order valence-corrected chi connectivity index (χ3v) is 4.12. The Kier molecular flexibility index (Phi) is 3.35. The standard InChI is InChI=1S/C14H21N3O/c18-14(16-8-4-1-5-9-16)10-17-11-15-12-6-2-3-7-13(12)17/h11H,1-10H2. The summed E-state index contributed by atoms with van der Waals surface area (Å²) in [5, 5.41) is 0. The van der Waals surface area contributed by atoms with Gasteiger partial charge in [0.2, 0.25) is 5.91 Å². The van der Waals surface area contributed by atoms with Crippen LogP contribution in [0.3, 0.4) is 0 Å². The number of imidazole rings is 1. The fourth-order valence-corrected chi connectivity index (χ4v) is 3.06. The lowest BCUT2D eigenvalue weighted by Crippen LogP contribution is -2.38. The fourth-order valence-electron chi connectivity index (χ4n) is 3.06. The van der Waals surface area contributed by atoms with E-state index in [2.05, 4.69) is 9.55 Å². The highest BCUT2D eigenvalue weighted by Gasteiger charge is 2.20. The number of carbonyl (C=O) groups is 1. The zero-order valence-electron chi connectivity index (χ0n) is 10.9. The molecule has 0 saturated carbocycles. The van der Waals surface area contributed by atoms with Crippen LogP contribution in [0.5, 0.6) is 0 Å². The van der Waals surface area contributed by atoms with E-state index < -0.39 is 0 Å². The normalized spacial score (nSPS) is 19.7. The van der Waals surface area contributed by atoms with Gasteiger partial charge in [0, 0.05) is 18.8 Å². The molecule has 2 aliphatic rings. The van der Waals surface area contributed by atoms with Gasteiger partial charge in [0.1, 0.15) is 6.54 Å². The number of hydrogen-bond donors (Lipinski definition) is 0. The molecule has 3 rings (SSSR count). The number of nitrogens with zero attached hydrogens (tertiary/aromatic N) is 3. The van der Waals surface area contributed by atoms with E-state index in [4.69, 9.17) is 0 Å². The van der Waals surface area contributed by atoms with E-state index >= 15 is 0 Å². The van der Waals surface area contributed by atoms with Crippen molar-refractivity contribution in [2.24, 2.45) is 0 Å². The molecule has 1 amide bonds. The molecule has 0 atom stereocenters. The Morgan fingerprint density at radius 3 is 2.72 bits per heavy atom. The monoisotopic (exact) mass is 247 g/mol. The number of fused-ring (bicyclic) bond motifs is 1. The van der Waals surface area contributed by atoms with Crippen LogP contribution in [0.25, 0.3) is 0 Å². The van der Waals surface area contributed by atoms with E-state index in [9.17, 15) is 4.79 Å². The second kappa shape index (κ2) is 5.12. The Hall–Kier alpha value is -1.32. The lowest BCUT2D eigenvalue weighted by atomic mass is 10.0. The van der Waals surface area contributed by atoms with Crippen LogP contribution in [0.4, 0.5) is 0 Å². The zero-order valence-corrected chi connectivity index (χ0v) is 10.9. The summed E-state index contributed by atoms with van der Waals surface area (Å²) in [5.41, 5.74) is 2.51. The molecule has 4 nitrogen and oxygen atoms in total.